The Kier molecular flexibility index (Phi) is 6.20. The fourth-order valence-corrected chi connectivity index (χ4v) is 2.46. The molecule has 0 aliphatic heterocycles. The van der Waals surface area contributed by atoms with Crippen LogP contribution in [0.4, 0.5) is 0 Å². The van der Waals surface area contributed by atoms with Gasteiger partial charge in [0, 0.05) is 19.7 Å². The third-order valence-corrected chi connectivity index (χ3v) is 3.30. The zero-order valence-electron chi connectivity index (χ0n) is 9.72. The molecule has 1 aliphatic carbocycles. The van der Waals surface area contributed by atoms with Gasteiger partial charge in [-0.05, 0) is 25.2 Å². The second-order valence-electron chi connectivity index (χ2n) is 4.39. The van der Waals surface area contributed by atoms with Crippen LogP contribution >= 0.6 is 0 Å². The molecule has 2 heteroatoms. The van der Waals surface area contributed by atoms with Crippen molar-refractivity contribution in [3.63, 3.8) is 0 Å². The zero-order valence-corrected chi connectivity index (χ0v) is 9.72. The first-order valence-corrected chi connectivity index (χ1v) is 6.10. The van der Waals surface area contributed by atoms with E-state index in [1.165, 1.54) is 38.5 Å². The molecule has 0 aromatic rings. The van der Waals surface area contributed by atoms with Gasteiger partial charge >= 0.3 is 0 Å². The predicted molar refractivity (Wildman–Crippen MR) is 60.5 cm³/mol. The highest BCUT2D eigenvalue weighted by Gasteiger charge is 2.25. The number of methoxy groups -OCH3 is 1. The lowest BCUT2D eigenvalue weighted by Crippen LogP contribution is -2.34. The molecule has 1 fully saturated rings. The molecular weight excluding hydrogens is 174 g/mol. The van der Waals surface area contributed by atoms with Crippen LogP contribution in [0.25, 0.3) is 0 Å². The van der Waals surface area contributed by atoms with Crippen molar-refractivity contribution >= 4 is 0 Å². The van der Waals surface area contributed by atoms with E-state index in [2.05, 4.69) is 12.2 Å². The highest BCUT2D eigenvalue weighted by molar-refractivity contribution is 4.82. The Labute approximate surface area is 88.4 Å². The largest absolute Gasteiger partial charge is 0.383 e. The maximum atomic E-state index is 5.06. The molecule has 84 valence electrons. The van der Waals surface area contributed by atoms with Crippen LogP contribution in [0.2, 0.25) is 0 Å². The van der Waals surface area contributed by atoms with Crippen LogP contribution in [-0.2, 0) is 4.74 Å². The van der Waals surface area contributed by atoms with Gasteiger partial charge in [0.05, 0.1) is 6.61 Å². The smallest absolute Gasteiger partial charge is 0.0587 e. The van der Waals surface area contributed by atoms with Crippen molar-refractivity contribution in [2.45, 2.75) is 51.5 Å². The van der Waals surface area contributed by atoms with Crippen molar-refractivity contribution in [2.24, 2.45) is 5.92 Å². The predicted octanol–water partition coefficient (Wildman–Crippen LogP) is 2.58. The van der Waals surface area contributed by atoms with Crippen molar-refractivity contribution in [1.82, 2.24) is 5.32 Å². The Bertz CT molecular complexity index is 138. The summed E-state index contributed by atoms with van der Waals surface area (Å²) in [5, 5.41) is 3.62. The second-order valence-corrected chi connectivity index (χ2v) is 4.39. The summed E-state index contributed by atoms with van der Waals surface area (Å²) in [6, 6.07) is 0.775. The summed E-state index contributed by atoms with van der Waals surface area (Å²) in [6.45, 7) is 4.14. The van der Waals surface area contributed by atoms with E-state index in [0.29, 0.717) is 0 Å². The van der Waals surface area contributed by atoms with Gasteiger partial charge in [-0.2, -0.15) is 0 Å². The van der Waals surface area contributed by atoms with Crippen molar-refractivity contribution in [1.29, 1.82) is 0 Å². The van der Waals surface area contributed by atoms with Gasteiger partial charge in [0.25, 0.3) is 0 Å². The molecule has 0 bridgehead atoms. The van der Waals surface area contributed by atoms with Crippen LogP contribution in [-0.4, -0.2) is 26.3 Å². The summed E-state index contributed by atoms with van der Waals surface area (Å²) in [5.41, 5.74) is 0. The summed E-state index contributed by atoms with van der Waals surface area (Å²) in [4.78, 5) is 0. The zero-order chi connectivity index (χ0) is 10.2. The normalized spacial score (nSPS) is 27.0. The molecule has 0 aromatic carbocycles. The Balaban J connectivity index is 2.14. The van der Waals surface area contributed by atoms with Crippen LogP contribution in [0.3, 0.4) is 0 Å². The third-order valence-electron chi connectivity index (χ3n) is 3.30. The van der Waals surface area contributed by atoms with Gasteiger partial charge in [-0.15, -0.1) is 0 Å². The van der Waals surface area contributed by atoms with Gasteiger partial charge in [0.1, 0.15) is 0 Å². The maximum Gasteiger partial charge on any atom is 0.0587 e. The van der Waals surface area contributed by atoms with Gasteiger partial charge in [0.2, 0.25) is 0 Å². The SMILES string of the molecule is CCCCC1CCCC1NCCOC. The molecule has 14 heavy (non-hydrogen) atoms. The summed E-state index contributed by atoms with van der Waals surface area (Å²) in [6.07, 6.45) is 8.37. The van der Waals surface area contributed by atoms with E-state index in [-0.39, 0.29) is 0 Å². The van der Waals surface area contributed by atoms with E-state index in [9.17, 15) is 0 Å². The molecule has 1 N–H and O–H groups in total. The van der Waals surface area contributed by atoms with E-state index in [0.717, 1.165) is 25.1 Å². The van der Waals surface area contributed by atoms with Crippen molar-refractivity contribution < 1.29 is 4.74 Å². The second kappa shape index (κ2) is 7.24. The molecule has 0 amide bonds. The van der Waals surface area contributed by atoms with E-state index >= 15 is 0 Å². The molecule has 1 rings (SSSR count). The Hall–Kier alpha value is -0.0800. The number of hydrogen-bond donors (Lipinski definition) is 1. The summed E-state index contributed by atoms with van der Waals surface area (Å²) >= 11 is 0. The van der Waals surface area contributed by atoms with Crippen molar-refractivity contribution in [3.05, 3.63) is 0 Å². The van der Waals surface area contributed by atoms with Crippen molar-refractivity contribution in [2.75, 3.05) is 20.3 Å². The minimum atomic E-state index is 0.775. The molecule has 0 radical (unpaired) electrons. The number of rotatable bonds is 7. The molecule has 0 saturated heterocycles. The summed E-state index contributed by atoms with van der Waals surface area (Å²) in [7, 11) is 1.77. The molecule has 1 aliphatic rings. The molecule has 0 heterocycles. The van der Waals surface area contributed by atoms with Gasteiger partial charge in [-0.1, -0.05) is 26.2 Å². The van der Waals surface area contributed by atoms with Gasteiger partial charge in [-0.25, -0.2) is 0 Å². The fraction of sp³-hybridized carbons (Fsp3) is 1.00. The quantitative estimate of drug-likeness (QED) is 0.636. The average molecular weight is 199 g/mol. The first kappa shape index (κ1) is 12.0. The molecule has 2 unspecified atom stereocenters. The lowest BCUT2D eigenvalue weighted by atomic mass is 9.97. The number of ether oxygens (including phenoxy) is 1. The van der Waals surface area contributed by atoms with E-state index in [1.807, 2.05) is 0 Å². The topological polar surface area (TPSA) is 21.3 Å². The van der Waals surface area contributed by atoms with Gasteiger partial charge in [0.15, 0.2) is 0 Å². The monoisotopic (exact) mass is 199 g/mol. The molecule has 1 saturated carbocycles. The molecule has 2 nitrogen and oxygen atoms in total. The minimum absolute atomic E-state index is 0.775. The fourth-order valence-electron chi connectivity index (χ4n) is 2.46. The number of hydrogen-bond acceptors (Lipinski definition) is 2. The van der Waals surface area contributed by atoms with Crippen LogP contribution in [0, 0.1) is 5.92 Å². The number of nitrogens with one attached hydrogen (secondary N) is 1. The van der Waals surface area contributed by atoms with Crippen LogP contribution < -0.4 is 5.32 Å². The van der Waals surface area contributed by atoms with Gasteiger partial charge < -0.3 is 10.1 Å². The maximum absolute atomic E-state index is 5.06. The number of unbranched alkanes of at least 4 members (excludes halogenated alkanes) is 1. The summed E-state index contributed by atoms with van der Waals surface area (Å²) in [5.74, 6) is 0.937. The molecule has 0 spiro atoms. The Morgan fingerprint density at radius 1 is 1.36 bits per heavy atom. The Morgan fingerprint density at radius 3 is 2.93 bits per heavy atom. The van der Waals surface area contributed by atoms with E-state index in [1.54, 1.807) is 7.11 Å². The van der Waals surface area contributed by atoms with E-state index in [4.69, 9.17) is 4.74 Å². The lowest BCUT2D eigenvalue weighted by molar-refractivity contribution is 0.192. The van der Waals surface area contributed by atoms with Gasteiger partial charge in [-0.3, -0.25) is 0 Å². The standard InChI is InChI=1S/C12H25NO/c1-3-4-6-11-7-5-8-12(11)13-9-10-14-2/h11-13H,3-10H2,1-2H3. The first-order valence-electron chi connectivity index (χ1n) is 6.10. The molecule has 0 aromatic heterocycles. The third kappa shape index (κ3) is 3.97. The minimum Gasteiger partial charge on any atom is -0.383 e. The first-order chi connectivity index (χ1) is 6.88. The van der Waals surface area contributed by atoms with Crippen LogP contribution in [0.5, 0.6) is 0 Å². The highest BCUT2D eigenvalue weighted by Crippen LogP contribution is 2.29. The Morgan fingerprint density at radius 2 is 2.21 bits per heavy atom. The van der Waals surface area contributed by atoms with Crippen LogP contribution in [0.15, 0.2) is 0 Å². The van der Waals surface area contributed by atoms with E-state index < -0.39 is 0 Å². The van der Waals surface area contributed by atoms with Crippen molar-refractivity contribution in [3.8, 4) is 0 Å². The molecule has 2 atom stereocenters. The highest BCUT2D eigenvalue weighted by atomic mass is 16.5. The average Bonchev–Trinajstić information content (AvgIpc) is 2.63. The van der Waals surface area contributed by atoms with Crippen LogP contribution in [0.1, 0.15) is 45.4 Å². The summed E-state index contributed by atoms with van der Waals surface area (Å²) < 4.78 is 5.06. The lowest BCUT2D eigenvalue weighted by Gasteiger charge is -2.20. The molecular formula is C12H25NO.